The van der Waals surface area contributed by atoms with E-state index < -0.39 is 4.92 Å². The zero-order valence-corrected chi connectivity index (χ0v) is 14.0. The molecule has 130 valence electrons. The standard InChI is InChI=1S/C17H11N3O5S/c21-17(16-7-11-6-12(20(22)23)2-4-15(11)26-16)19-18-8-10-1-3-13-14(5-10)25-9-24-13/h1-8H,9H2,(H,19,21). The number of hydrazone groups is 1. The summed E-state index contributed by atoms with van der Waals surface area (Å²) >= 11 is 1.24. The van der Waals surface area contributed by atoms with Gasteiger partial charge < -0.3 is 9.47 Å². The lowest BCUT2D eigenvalue weighted by molar-refractivity contribution is -0.384. The van der Waals surface area contributed by atoms with E-state index in [2.05, 4.69) is 10.5 Å². The van der Waals surface area contributed by atoms with Gasteiger partial charge in [0.25, 0.3) is 11.6 Å². The van der Waals surface area contributed by atoms with Crippen LogP contribution >= 0.6 is 11.3 Å². The number of ether oxygens (including phenoxy) is 2. The molecule has 0 atom stereocenters. The minimum atomic E-state index is -0.466. The highest BCUT2D eigenvalue weighted by molar-refractivity contribution is 7.20. The highest BCUT2D eigenvalue weighted by Crippen LogP contribution is 2.32. The third-order valence-electron chi connectivity index (χ3n) is 3.71. The Morgan fingerprint density at radius 3 is 2.88 bits per heavy atom. The number of carbonyl (C=O) groups excluding carboxylic acids is 1. The quantitative estimate of drug-likeness (QED) is 0.432. The Hall–Kier alpha value is -3.46. The molecular formula is C17H11N3O5S. The zero-order chi connectivity index (χ0) is 18.1. The first-order chi connectivity index (χ1) is 12.6. The Kier molecular flexibility index (Phi) is 3.98. The molecule has 1 N–H and O–H groups in total. The number of fused-ring (bicyclic) bond motifs is 2. The van der Waals surface area contributed by atoms with Gasteiger partial charge in [0.2, 0.25) is 6.79 Å². The molecule has 0 spiro atoms. The van der Waals surface area contributed by atoms with Crippen LogP contribution in [0.3, 0.4) is 0 Å². The lowest BCUT2D eigenvalue weighted by Crippen LogP contribution is -2.16. The Labute approximate surface area is 150 Å². The Balaban J connectivity index is 1.47. The molecule has 1 aliphatic heterocycles. The molecule has 0 bridgehead atoms. The number of hydrogen-bond acceptors (Lipinski definition) is 7. The summed E-state index contributed by atoms with van der Waals surface area (Å²) < 4.78 is 11.3. The fourth-order valence-corrected chi connectivity index (χ4v) is 3.40. The Bertz CT molecular complexity index is 1060. The van der Waals surface area contributed by atoms with E-state index in [0.29, 0.717) is 21.8 Å². The van der Waals surface area contributed by atoms with Gasteiger partial charge in [0.1, 0.15) is 0 Å². The monoisotopic (exact) mass is 369 g/mol. The number of rotatable bonds is 4. The summed E-state index contributed by atoms with van der Waals surface area (Å²) in [7, 11) is 0. The van der Waals surface area contributed by atoms with Crippen LogP contribution in [-0.4, -0.2) is 23.8 Å². The molecule has 26 heavy (non-hydrogen) atoms. The highest BCUT2D eigenvalue weighted by Gasteiger charge is 2.14. The van der Waals surface area contributed by atoms with Crippen molar-refractivity contribution in [1.82, 2.24) is 5.43 Å². The molecule has 1 aliphatic rings. The van der Waals surface area contributed by atoms with Gasteiger partial charge in [-0.2, -0.15) is 5.10 Å². The first-order valence-electron chi connectivity index (χ1n) is 7.51. The number of thiophene rings is 1. The van der Waals surface area contributed by atoms with Gasteiger partial charge in [-0.1, -0.05) is 0 Å². The van der Waals surface area contributed by atoms with E-state index in [1.54, 1.807) is 30.3 Å². The predicted octanol–water partition coefficient (Wildman–Crippen LogP) is 3.30. The van der Waals surface area contributed by atoms with Gasteiger partial charge in [-0.3, -0.25) is 14.9 Å². The van der Waals surface area contributed by atoms with Crippen molar-refractivity contribution in [3.05, 3.63) is 63.0 Å². The average Bonchev–Trinajstić information content (AvgIpc) is 3.27. The van der Waals surface area contributed by atoms with Crippen molar-refractivity contribution in [2.75, 3.05) is 6.79 Å². The minimum absolute atomic E-state index is 0.0110. The van der Waals surface area contributed by atoms with Crippen molar-refractivity contribution >= 4 is 39.2 Å². The van der Waals surface area contributed by atoms with Gasteiger partial charge in [0, 0.05) is 22.2 Å². The number of benzene rings is 2. The number of hydrogen-bond donors (Lipinski definition) is 1. The number of carbonyl (C=O) groups is 1. The molecule has 0 fully saturated rings. The SMILES string of the molecule is O=C(NN=Cc1ccc2c(c1)OCO2)c1cc2cc([N+](=O)[O-])ccc2s1. The molecule has 4 rings (SSSR count). The second-order valence-corrected chi connectivity index (χ2v) is 6.49. The number of nitrogens with one attached hydrogen (secondary N) is 1. The smallest absolute Gasteiger partial charge is 0.281 e. The molecule has 0 unspecified atom stereocenters. The summed E-state index contributed by atoms with van der Waals surface area (Å²) in [5.74, 6) is 0.919. The van der Waals surface area contributed by atoms with Gasteiger partial charge in [-0.25, -0.2) is 5.43 Å². The Morgan fingerprint density at radius 1 is 1.19 bits per heavy atom. The average molecular weight is 369 g/mol. The summed E-state index contributed by atoms with van der Waals surface area (Å²) in [5, 5.41) is 15.4. The molecule has 1 amide bonds. The predicted molar refractivity (Wildman–Crippen MR) is 96.1 cm³/mol. The van der Waals surface area contributed by atoms with Crippen LogP contribution in [0, 0.1) is 10.1 Å². The second-order valence-electron chi connectivity index (χ2n) is 5.40. The molecular weight excluding hydrogens is 358 g/mol. The van der Waals surface area contributed by atoms with E-state index in [4.69, 9.17) is 9.47 Å². The summed E-state index contributed by atoms with van der Waals surface area (Å²) in [6.07, 6.45) is 1.50. The van der Waals surface area contributed by atoms with Crippen molar-refractivity contribution in [3.63, 3.8) is 0 Å². The van der Waals surface area contributed by atoms with Crippen LogP contribution in [-0.2, 0) is 0 Å². The molecule has 9 heteroatoms. The molecule has 0 radical (unpaired) electrons. The molecule has 0 aliphatic carbocycles. The van der Waals surface area contributed by atoms with E-state index in [0.717, 1.165) is 10.3 Å². The van der Waals surface area contributed by atoms with E-state index in [1.165, 1.54) is 29.7 Å². The van der Waals surface area contributed by atoms with E-state index in [9.17, 15) is 14.9 Å². The molecule has 0 saturated heterocycles. The molecule has 0 saturated carbocycles. The van der Waals surface area contributed by atoms with Gasteiger partial charge in [-0.05, 0) is 35.9 Å². The third-order valence-corrected chi connectivity index (χ3v) is 4.83. The van der Waals surface area contributed by atoms with Crippen LogP contribution in [0.15, 0.2) is 47.6 Å². The first kappa shape index (κ1) is 16.0. The van der Waals surface area contributed by atoms with Crippen molar-refractivity contribution in [2.45, 2.75) is 0 Å². The molecule has 8 nitrogen and oxygen atoms in total. The van der Waals surface area contributed by atoms with Crippen LogP contribution in [0.5, 0.6) is 11.5 Å². The topological polar surface area (TPSA) is 103 Å². The number of nitrogens with zero attached hydrogens (tertiary/aromatic N) is 2. The van der Waals surface area contributed by atoms with Crippen molar-refractivity contribution < 1.29 is 19.2 Å². The van der Waals surface area contributed by atoms with Gasteiger partial charge >= 0.3 is 0 Å². The molecule has 2 heterocycles. The minimum Gasteiger partial charge on any atom is -0.454 e. The second kappa shape index (κ2) is 6.45. The number of nitro benzene ring substituents is 1. The lowest BCUT2D eigenvalue weighted by Gasteiger charge is -1.98. The number of amides is 1. The number of non-ortho nitro benzene ring substituents is 1. The van der Waals surface area contributed by atoms with Crippen molar-refractivity contribution in [1.29, 1.82) is 0 Å². The lowest BCUT2D eigenvalue weighted by atomic mass is 10.2. The maximum absolute atomic E-state index is 12.2. The van der Waals surface area contributed by atoms with Gasteiger partial charge in [-0.15, -0.1) is 11.3 Å². The van der Waals surface area contributed by atoms with Crippen LogP contribution < -0.4 is 14.9 Å². The van der Waals surface area contributed by atoms with E-state index in [-0.39, 0.29) is 18.4 Å². The maximum atomic E-state index is 12.2. The largest absolute Gasteiger partial charge is 0.454 e. The van der Waals surface area contributed by atoms with E-state index in [1.807, 2.05) is 0 Å². The fraction of sp³-hybridized carbons (Fsp3) is 0.0588. The first-order valence-corrected chi connectivity index (χ1v) is 8.33. The van der Waals surface area contributed by atoms with Gasteiger partial charge in [0.15, 0.2) is 11.5 Å². The van der Waals surface area contributed by atoms with Gasteiger partial charge in [0.05, 0.1) is 16.0 Å². The zero-order valence-electron chi connectivity index (χ0n) is 13.2. The number of nitro groups is 1. The molecule has 2 aromatic carbocycles. The normalized spacial score (nSPS) is 12.6. The van der Waals surface area contributed by atoms with Crippen molar-refractivity contribution in [3.8, 4) is 11.5 Å². The van der Waals surface area contributed by atoms with Crippen LogP contribution in [0.1, 0.15) is 15.2 Å². The van der Waals surface area contributed by atoms with Crippen molar-refractivity contribution in [2.24, 2.45) is 5.10 Å². The van der Waals surface area contributed by atoms with Crippen LogP contribution in [0.25, 0.3) is 10.1 Å². The summed E-state index contributed by atoms with van der Waals surface area (Å²) in [6.45, 7) is 0.191. The summed E-state index contributed by atoms with van der Waals surface area (Å²) in [6, 6.07) is 11.4. The Morgan fingerprint density at radius 2 is 2.04 bits per heavy atom. The molecule has 1 aromatic heterocycles. The molecule has 3 aromatic rings. The summed E-state index contributed by atoms with van der Waals surface area (Å²) in [4.78, 5) is 23.0. The van der Waals surface area contributed by atoms with Crippen LogP contribution in [0.2, 0.25) is 0 Å². The third kappa shape index (κ3) is 3.07. The maximum Gasteiger partial charge on any atom is 0.281 e. The highest BCUT2D eigenvalue weighted by atomic mass is 32.1. The van der Waals surface area contributed by atoms with Crippen LogP contribution in [0.4, 0.5) is 5.69 Å². The van der Waals surface area contributed by atoms with E-state index >= 15 is 0 Å². The summed E-state index contributed by atoms with van der Waals surface area (Å²) in [5.41, 5.74) is 3.19. The fourth-order valence-electron chi connectivity index (χ4n) is 2.47.